The molecule has 12 rings (SSSR count). The van der Waals surface area contributed by atoms with Crippen molar-refractivity contribution in [2.45, 2.75) is 10.8 Å². The van der Waals surface area contributed by atoms with Crippen LogP contribution in [0.1, 0.15) is 44.5 Å². The van der Waals surface area contributed by atoms with Crippen molar-refractivity contribution >= 4 is 21.5 Å². The van der Waals surface area contributed by atoms with Gasteiger partial charge in [0.05, 0.1) is 10.8 Å². The van der Waals surface area contributed by atoms with Gasteiger partial charge in [0.2, 0.25) is 0 Å². The summed E-state index contributed by atoms with van der Waals surface area (Å²) in [6.07, 6.45) is 0. The molecule has 270 valence electrons. The van der Waals surface area contributed by atoms with Crippen LogP contribution in [0.5, 0.6) is 0 Å². The molecule has 0 radical (unpaired) electrons. The van der Waals surface area contributed by atoms with E-state index >= 15 is 0 Å². The Balaban J connectivity index is 1.01. The lowest BCUT2D eigenvalue weighted by molar-refractivity contribution is 0.769. The minimum Gasteiger partial charge on any atom is -0.0619 e. The summed E-state index contributed by atoms with van der Waals surface area (Å²) in [5.74, 6) is 0. The summed E-state index contributed by atoms with van der Waals surface area (Å²) in [4.78, 5) is 0. The summed E-state index contributed by atoms with van der Waals surface area (Å²) in [7, 11) is 0. The molecule has 0 aromatic heterocycles. The summed E-state index contributed by atoms with van der Waals surface area (Å²) in [6.45, 7) is 0. The van der Waals surface area contributed by atoms with Gasteiger partial charge in [0.25, 0.3) is 0 Å². The second-order valence-electron chi connectivity index (χ2n) is 16.0. The van der Waals surface area contributed by atoms with Crippen molar-refractivity contribution in [3.8, 4) is 33.4 Å². The maximum absolute atomic E-state index is 2.41. The fourth-order valence-electron chi connectivity index (χ4n) is 10.7. The number of benzene rings is 10. The summed E-state index contributed by atoms with van der Waals surface area (Å²) >= 11 is 0. The van der Waals surface area contributed by atoms with E-state index in [0.717, 1.165) is 0 Å². The highest BCUT2D eigenvalue weighted by Crippen LogP contribution is 2.58. The number of fused-ring (bicyclic) bond motifs is 8. The van der Waals surface area contributed by atoms with E-state index in [0.29, 0.717) is 0 Å². The van der Waals surface area contributed by atoms with E-state index in [9.17, 15) is 0 Å². The third-order valence-electron chi connectivity index (χ3n) is 13.2. The lowest BCUT2D eigenvalue weighted by Crippen LogP contribution is -2.28. The van der Waals surface area contributed by atoms with Crippen molar-refractivity contribution in [3.05, 3.63) is 275 Å². The Morgan fingerprint density at radius 3 is 0.828 bits per heavy atom. The molecule has 2 aliphatic rings. The fourth-order valence-corrected chi connectivity index (χ4v) is 10.7. The first kappa shape index (κ1) is 32.9. The Bertz CT molecular complexity index is 2910. The van der Waals surface area contributed by atoms with Crippen LogP contribution in [0.2, 0.25) is 0 Å². The summed E-state index contributed by atoms with van der Waals surface area (Å²) in [5.41, 5.74) is 17.2. The first-order valence-electron chi connectivity index (χ1n) is 20.3. The van der Waals surface area contributed by atoms with Crippen LogP contribution in [-0.2, 0) is 10.8 Å². The summed E-state index contributed by atoms with van der Waals surface area (Å²) < 4.78 is 0. The molecule has 0 saturated heterocycles. The van der Waals surface area contributed by atoms with E-state index in [1.165, 1.54) is 99.4 Å². The molecule has 0 unspecified atom stereocenters. The molecule has 0 saturated carbocycles. The van der Waals surface area contributed by atoms with Gasteiger partial charge < -0.3 is 0 Å². The Hall–Kier alpha value is -7.28. The van der Waals surface area contributed by atoms with Crippen molar-refractivity contribution < 1.29 is 0 Å². The van der Waals surface area contributed by atoms with Crippen LogP contribution in [0.3, 0.4) is 0 Å². The highest BCUT2D eigenvalue weighted by atomic mass is 14.5. The minimum absolute atomic E-state index is 0.449. The predicted molar refractivity (Wildman–Crippen MR) is 241 cm³/mol. The first-order chi connectivity index (χ1) is 28.7. The van der Waals surface area contributed by atoms with Gasteiger partial charge in [0.1, 0.15) is 0 Å². The maximum Gasteiger partial charge on any atom is 0.0713 e. The molecule has 10 aromatic rings. The first-order valence-corrected chi connectivity index (χ1v) is 20.3. The number of hydrogen-bond donors (Lipinski definition) is 0. The van der Waals surface area contributed by atoms with Crippen molar-refractivity contribution in [3.63, 3.8) is 0 Å². The average Bonchev–Trinajstić information content (AvgIpc) is 3.78. The molecule has 0 fully saturated rings. The van der Waals surface area contributed by atoms with E-state index < -0.39 is 10.8 Å². The summed E-state index contributed by atoms with van der Waals surface area (Å²) in [6, 6.07) is 86.3. The molecule has 0 heteroatoms. The van der Waals surface area contributed by atoms with Crippen LogP contribution in [0.15, 0.2) is 231 Å². The van der Waals surface area contributed by atoms with Crippen LogP contribution < -0.4 is 0 Å². The minimum atomic E-state index is -0.449. The molecule has 0 spiro atoms. The quantitative estimate of drug-likeness (QED) is 0.165. The van der Waals surface area contributed by atoms with Gasteiger partial charge >= 0.3 is 0 Å². The smallest absolute Gasteiger partial charge is 0.0619 e. The Labute approximate surface area is 339 Å². The van der Waals surface area contributed by atoms with Crippen molar-refractivity contribution in [1.82, 2.24) is 0 Å². The monoisotopic (exact) mass is 734 g/mol. The highest BCUT2D eigenvalue weighted by Gasteiger charge is 2.47. The van der Waals surface area contributed by atoms with Crippen molar-refractivity contribution in [2.24, 2.45) is 0 Å². The van der Waals surface area contributed by atoms with E-state index in [1.54, 1.807) is 0 Å². The lowest BCUT2D eigenvalue weighted by Gasteiger charge is -2.34. The molecule has 0 bridgehead atoms. The van der Waals surface area contributed by atoms with Gasteiger partial charge in [-0.2, -0.15) is 0 Å². The molecular weight excluding hydrogens is 697 g/mol. The zero-order chi connectivity index (χ0) is 38.3. The van der Waals surface area contributed by atoms with Gasteiger partial charge in [0, 0.05) is 0 Å². The van der Waals surface area contributed by atoms with Crippen molar-refractivity contribution in [2.75, 3.05) is 0 Å². The molecule has 0 N–H and O–H groups in total. The Morgan fingerprint density at radius 2 is 0.483 bits per heavy atom. The van der Waals surface area contributed by atoms with Gasteiger partial charge in [-0.05, 0) is 112 Å². The summed E-state index contributed by atoms with van der Waals surface area (Å²) in [5, 5.41) is 5.03. The molecule has 58 heavy (non-hydrogen) atoms. The van der Waals surface area contributed by atoms with Gasteiger partial charge in [-0.3, -0.25) is 0 Å². The highest BCUT2D eigenvalue weighted by molar-refractivity contribution is 5.91. The van der Waals surface area contributed by atoms with E-state index in [2.05, 4.69) is 231 Å². The number of hydrogen-bond acceptors (Lipinski definition) is 0. The maximum atomic E-state index is 2.41. The molecule has 0 aliphatic heterocycles. The predicted octanol–water partition coefficient (Wildman–Crippen LogP) is 14.4. The Morgan fingerprint density at radius 1 is 0.207 bits per heavy atom. The van der Waals surface area contributed by atoms with Gasteiger partial charge in [-0.25, -0.2) is 0 Å². The zero-order valence-corrected chi connectivity index (χ0v) is 31.9. The van der Waals surface area contributed by atoms with Gasteiger partial charge in [-0.15, -0.1) is 0 Å². The molecule has 2 aliphatic carbocycles. The average molecular weight is 735 g/mol. The molecule has 10 aromatic carbocycles. The third kappa shape index (κ3) is 4.52. The molecule has 0 heterocycles. The lowest BCUT2D eigenvalue weighted by atomic mass is 9.67. The second kappa shape index (κ2) is 12.6. The standard InChI is InChI=1S/C58H38/c1-3-15-43-37-47(35-29-39(43)13-1)57(53-21-9-5-17-49(53)50-18-6-10-22-54(50)57)45-31-25-41(26-32-45)42-27-33-46(34-28-42)58(48-36-30-40-14-2-4-16-44(40)38-48)55-23-11-7-19-51(55)52-20-8-12-24-56(52)58/h1-38H. The Kier molecular flexibility index (Phi) is 7.16. The van der Waals surface area contributed by atoms with Crippen LogP contribution in [0.4, 0.5) is 0 Å². The van der Waals surface area contributed by atoms with Gasteiger partial charge in [0.15, 0.2) is 0 Å². The van der Waals surface area contributed by atoms with E-state index in [4.69, 9.17) is 0 Å². The van der Waals surface area contributed by atoms with E-state index in [1.807, 2.05) is 0 Å². The van der Waals surface area contributed by atoms with Crippen LogP contribution in [0.25, 0.3) is 54.9 Å². The normalized spacial score (nSPS) is 14.1. The van der Waals surface area contributed by atoms with Gasteiger partial charge in [-0.1, -0.05) is 218 Å². The fraction of sp³-hybridized carbons (Fsp3) is 0.0345. The second-order valence-corrected chi connectivity index (χ2v) is 16.0. The third-order valence-corrected chi connectivity index (χ3v) is 13.2. The largest absolute Gasteiger partial charge is 0.0713 e. The zero-order valence-electron chi connectivity index (χ0n) is 31.9. The molecular formula is C58H38. The van der Waals surface area contributed by atoms with Crippen molar-refractivity contribution in [1.29, 1.82) is 0 Å². The van der Waals surface area contributed by atoms with Crippen LogP contribution >= 0.6 is 0 Å². The van der Waals surface area contributed by atoms with Crippen LogP contribution in [-0.4, -0.2) is 0 Å². The van der Waals surface area contributed by atoms with E-state index in [-0.39, 0.29) is 0 Å². The topological polar surface area (TPSA) is 0 Å². The number of rotatable bonds is 5. The SMILES string of the molecule is c1ccc2c(c1)-c1ccccc1C2(c1ccc(-c2ccc(C3(c4ccc5ccccc5c4)c4ccccc4-c4ccccc43)cc2)cc1)c1ccc2ccccc2c1. The molecule has 0 nitrogen and oxygen atoms in total. The van der Waals surface area contributed by atoms with Crippen LogP contribution in [0, 0.1) is 0 Å². The molecule has 0 amide bonds. The molecule has 0 atom stereocenters.